The maximum absolute atomic E-state index is 11.9. The van der Waals surface area contributed by atoms with E-state index in [9.17, 15) is 4.79 Å². The van der Waals surface area contributed by atoms with Crippen LogP contribution in [0.3, 0.4) is 0 Å². The van der Waals surface area contributed by atoms with E-state index in [1.807, 2.05) is 23.1 Å². The minimum absolute atomic E-state index is 0.100. The number of aromatic nitrogens is 1. The molecule has 0 aromatic carbocycles. The predicted octanol–water partition coefficient (Wildman–Crippen LogP) is 1.86. The zero-order valence-electron chi connectivity index (χ0n) is 10.4. The molecule has 0 unspecified atom stereocenters. The summed E-state index contributed by atoms with van der Waals surface area (Å²) in [6.07, 6.45) is 5.92. The Morgan fingerprint density at radius 2 is 2.28 bits per heavy atom. The van der Waals surface area contributed by atoms with Gasteiger partial charge < -0.3 is 9.64 Å². The minimum Gasteiger partial charge on any atom is -0.472 e. The molecule has 1 aromatic heterocycles. The van der Waals surface area contributed by atoms with Crippen LogP contribution in [0.5, 0.6) is 5.88 Å². The van der Waals surface area contributed by atoms with Gasteiger partial charge in [-0.15, -0.1) is 0 Å². The van der Waals surface area contributed by atoms with Crippen molar-refractivity contribution < 1.29 is 9.53 Å². The van der Waals surface area contributed by atoms with Crippen molar-refractivity contribution in [1.82, 2.24) is 9.88 Å². The SMILES string of the molecule is O=C(CC1CC1)N1CC[C@H](Oc2ccccn2)C1. The van der Waals surface area contributed by atoms with E-state index in [0.717, 1.165) is 19.4 Å². The molecule has 2 aliphatic rings. The van der Waals surface area contributed by atoms with E-state index in [2.05, 4.69) is 4.98 Å². The first-order valence-electron chi connectivity index (χ1n) is 6.67. The van der Waals surface area contributed by atoms with Gasteiger partial charge in [-0.2, -0.15) is 0 Å². The number of hydrogen-bond donors (Lipinski definition) is 0. The fraction of sp³-hybridized carbons (Fsp3) is 0.571. The Bertz CT molecular complexity index is 417. The summed E-state index contributed by atoms with van der Waals surface area (Å²) in [7, 11) is 0. The lowest BCUT2D eigenvalue weighted by atomic mass is 10.2. The van der Waals surface area contributed by atoms with Gasteiger partial charge in [0.1, 0.15) is 6.10 Å². The van der Waals surface area contributed by atoms with Crippen LogP contribution in [0.25, 0.3) is 0 Å². The standard InChI is InChI=1S/C14H18N2O2/c17-14(9-11-4-5-11)16-8-6-12(10-16)18-13-3-1-2-7-15-13/h1-3,7,11-12H,4-6,8-10H2/t12-/m0/s1. The zero-order chi connectivity index (χ0) is 12.4. The van der Waals surface area contributed by atoms with E-state index in [1.165, 1.54) is 12.8 Å². The lowest BCUT2D eigenvalue weighted by molar-refractivity contribution is -0.130. The summed E-state index contributed by atoms with van der Waals surface area (Å²) < 4.78 is 5.77. The van der Waals surface area contributed by atoms with Crippen LogP contribution in [0, 0.1) is 5.92 Å². The highest BCUT2D eigenvalue weighted by Crippen LogP contribution is 2.33. The van der Waals surface area contributed by atoms with E-state index in [0.29, 0.717) is 24.2 Å². The van der Waals surface area contributed by atoms with Gasteiger partial charge in [0.15, 0.2) is 0 Å². The average molecular weight is 246 g/mol. The average Bonchev–Trinajstić information content (AvgIpc) is 3.07. The van der Waals surface area contributed by atoms with Crippen molar-refractivity contribution in [3.05, 3.63) is 24.4 Å². The third kappa shape index (κ3) is 2.81. The maximum Gasteiger partial charge on any atom is 0.222 e. The molecule has 0 N–H and O–H groups in total. The minimum atomic E-state index is 0.100. The Morgan fingerprint density at radius 1 is 1.39 bits per heavy atom. The van der Waals surface area contributed by atoms with Crippen molar-refractivity contribution in [3.63, 3.8) is 0 Å². The Kier molecular flexibility index (Phi) is 3.17. The summed E-state index contributed by atoms with van der Waals surface area (Å²) in [5.41, 5.74) is 0. The summed E-state index contributed by atoms with van der Waals surface area (Å²) in [6, 6.07) is 5.63. The first kappa shape index (κ1) is 11.5. The largest absolute Gasteiger partial charge is 0.472 e. The first-order valence-corrected chi connectivity index (χ1v) is 6.67. The molecular weight excluding hydrogens is 228 g/mol. The van der Waals surface area contributed by atoms with Crippen molar-refractivity contribution in [1.29, 1.82) is 0 Å². The van der Waals surface area contributed by atoms with Gasteiger partial charge in [0.05, 0.1) is 6.54 Å². The molecule has 1 saturated carbocycles. The van der Waals surface area contributed by atoms with Crippen molar-refractivity contribution >= 4 is 5.91 Å². The highest BCUT2D eigenvalue weighted by molar-refractivity contribution is 5.77. The number of rotatable bonds is 4. The Balaban J connectivity index is 1.50. The van der Waals surface area contributed by atoms with E-state index in [4.69, 9.17) is 4.74 Å². The third-order valence-electron chi connectivity index (χ3n) is 3.58. The monoisotopic (exact) mass is 246 g/mol. The molecule has 4 heteroatoms. The maximum atomic E-state index is 11.9. The van der Waals surface area contributed by atoms with Gasteiger partial charge in [-0.05, 0) is 24.8 Å². The molecule has 18 heavy (non-hydrogen) atoms. The van der Waals surface area contributed by atoms with Crippen molar-refractivity contribution in [3.8, 4) is 5.88 Å². The molecule has 1 atom stereocenters. The molecule has 3 rings (SSSR count). The quantitative estimate of drug-likeness (QED) is 0.814. The van der Waals surface area contributed by atoms with Crippen LogP contribution in [0.2, 0.25) is 0 Å². The van der Waals surface area contributed by atoms with Gasteiger partial charge >= 0.3 is 0 Å². The van der Waals surface area contributed by atoms with Gasteiger partial charge in [0.25, 0.3) is 0 Å². The van der Waals surface area contributed by atoms with Crippen molar-refractivity contribution in [2.45, 2.75) is 31.8 Å². The molecule has 0 spiro atoms. The van der Waals surface area contributed by atoms with Gasteiger partial charge in [0.2, 0.25) is 11.8 Å². The lowest BCUT2D eigenvalue weighted by Gasteiger charge is -2.16. The second-order valence-corrected chi connectivity index (χ2v) is 5.18. The lowest BCUT2D eigenvalue weighted by Crippen LogP contribution is -2.31. The molecule has 96 valence electrons. The van der Waals surface area contributed by atoms with Crippen LogP contribution in [-0.4, -0.2) is 35.0 Å². The van der Waals surface area contributed by atoms with Crippen LogP contribution >= 0.6 is 0 Å². The molecule has 4 nitrogen and oxygen atoms in total. The highest BCUT2D eigenvalue weighted by atomic mass is 16.5. The van der Waals surface area contributed by atoms with E-state index in [1.54, 1.807) is 6.20 Å². The topological polar surface area (TPSA) is 42.4 Å². The molecule has 2 fully saturated rings. The summed E-state index contributed by atoms with van der Waals surface area (Å²) in [5, 5.41) is 0. The summed E-state index contributed by atoms with van der Waals surface area (Å²) in [4.78, 5) is 18.0. The number of amides is 1. The van der Waals surface area contributed by atoms with Crippen molar-refractivity contribution in [2.24, 2.45) is 5.92 Å². The normalized spacial score (nSPS) is 23.1. The van der Waals surface area contributed by atoms with Crippen LogP contribution in [0.15, 0.2) is 24.4 Å². The van der Waals surface area contributed by atoms with Gasteiger partial charge in [-0.3, -0.25) is 4.79 Å². The second-order valence-electron chi connectivity index (χ2n) is 5.18. The van der Waals surface area contributed by atoms with Gasteiger partial charge in [-0.1, -0.05) is 6.07 Å². The zero-order valence-corrected chi connectivity index (χ0v) is 10.4. The molecule has 1 amide bonds. The fourth-order valence-electron chi connectivity index (χ4n) is 2.34. The molecule has 0 bridgehead atoms. The number of likely N-dealkylation sites (tertiary alicyclic amines) is 1. The fourth-order valence-corrected chi connectivity index (χ4v) is 2.34. The second kappa shape index (κ2) is 4.96. The van der Waals surface area contributed by atoms with E-state index in [-0.39, 0.29) is 6.10 Å². The Morgan fingerprint density at radius 3 is 3.00 bits per heavy atom. The van der Waals surface area contributed by atoms with Crippen LogP contribution in [0.1, 0.15) is 25.7 Å². The van der Waals surface area contributed by atoms with Crippen LogP contribution in [-0.2, 0) is 4.79 Å². The smallest absolute Gasteiger partial charge is 0.222 e. The number of pyridine rings is 1. The Labute approximate surface area is 107 Å². The highest BCUT2D eigenvalue weighted by Gasteiger charge is 2.31. The molecular formula is C14H18N2O2. The van der Waals surface area contributed by atoms with Crippen LogP contribution < -0.4 is 4.74 Å². The Hall–Kier alpha value is -1.58. The number of ether oxygens (including phenoxy) is 1. The summed E-state index contributed by atoms with van der Waals surface area (Å²) in [6.45, 7) is 1.53. The molecule has 1 aliphatic carbocycles. The van der Waals surface area contributed by atoms with Crippen LogP contribution in [0.4, 0.5) is 0 Å². The molecule has 0 radical (unpaired) electrons. The predicted molar refractivity (Wildman–Crippen MR) is 67.2 cm³/mol. The first-order chi connectivity index (χ1) is 8.81. The molecule has 2 heterocycles. The third-order valence-corrected chi connectivity index (χ3v) is 3.58. The van der Waals surface area contributed by atoms with E-state index < -0.39 is 0 Å². The number of carbonyl (C=O) groups excluding carboxylic acids is 1. The summed E-state index contributed by atoms with van der Waals surface area (Å²) in [5.74, 6) is 1.61. The number of hydrogen-bond acceptors (Lipinski definition) is 3. The number of nitrogens with zero attached hydrogens (tertiary/aromatic N) is 2. The van der Waals surface area contributed by atoms with Crippen molar-refractivity contribution in [2.75, 3.05) is 13.1 Å². The molecule has 1 aromatic rings. The summed E-state index contributed by atoms with van der Waals surface area (Å²) >= 11 is 0. The van der Waals surface area contributed by atoms with E-state index >= 15 is 0 Å². The molecule has 1 aliphatic heterocycles. The van der Waals surface area contributed by atoms with Gasteiger partial charge in [0, 0.05) is 31.6 Å². The van der Waals surface area contributed by atoms with Gasteiger partial charge in [-0.25, -0.2) is 4.98 Å². The number of carbonyl (C=O) groups is 1. The molecule has 1 saturated heterocycles.